The fourth-order valence-corrected chi connectivity index (χ4v) is 2.19. The Morgan fingerprint density at radius 3 is 2.82 bits per heavy atom. The number of ether oxygens (including phenoxy) is 1. The number of pyridine rings is 1. The zero-order valence-corrected chi connectivity index (χ0v) is 11.5. The fourth-order valence-electron chi connectivity index (χ4n) is 1.15. The lowest BCUT2D eigenvalue weighted by Gasteiger charge is -2.16. The topological polar surface area (TPSA) is 57.5 Å². The quantitative estimate of drug-likeness (QED) is 0.611. The molecular weight excluding hydrogens is 236 g/mol. The summed E-state index contributed by atoms with van der Waals surface area (Å²) < 4.78 is 20.7. The average molecular weight is 254 g/mol. The van der Waals surface area contributed by atoms with Crippen molar-refractivity contribution >= 4 is 17.6 Å². The minimum absolute atomic E-state index is 0.00398. The summed E-state index contributed by atoms with van der Waals surface area (Å²) in [5.74, 6) is 1.25. The van der Waals surface area contributed by atoms with Crippen LogP contribution in [0.1, 0.15) is 26.5 Å². The number of rotatable bonds is 4. The summed E-state index contributed by atoms with van der Waals surface area (Å²) in [6, 6.07) is 3.50. The van der Waals surface area contributed by atoms with Crippen LogP contribution in [-0.4, -0.2) is 28.6 Å². The molecule has 94 valence electrons. The fraction of sp³-hybridized carbons (Fsp3) is 0.500. The predicted molar refractivity (Wildman–Crippen MR) is 70.8 cm³/mol. The Hall–Kier alpha value is -1.07. The molecule has 5 heteroatoms. The van der Waals surface area contributed by atoms with Gasteiger partial charge in [0.15, 0.2) is 0 Å². The number of hydrogen-bond donors (Lipinski definition) is 0. The minimum Gasteiger partial charge on any atom is -0.591 e. The Bertz CT molecular complexity index is 388. The molecule has 1 aromatic heterocycles. The molecular formula is C12H18N2O2S. The number of hydrogen-bond acceptors (Lipinski definition) is 4. The van der Waals surface area contributed by atoms with Crippen LogP contribution in [0.3, 0.4) is 0 Å². The van der Waals surface area contributed by atoms with Crippen molar-refractivity contribution in [2.24, 2.45) is 9.81 Å². The molecule has 0 aliphatic heterocycles. The highest BCUT2D eigenvalue weighted by atomic mass is 32.2. The molecule has 0 aromatic carbocycles. The molecule has 17 heavy (non-hydrogen) atoms. The lowest BCUT2D eigenvalue weighted by atomic mass is 10.0. The van der Waals surface area contributed by atoms with Gasteiger partial charge in [-0.1, -0.05) is 25.2 Å². The summed E-state index contributed by atoms with van der Waals surface area (Å²) in [5.41, 5.74) is 0.649. The van der Waals surface area contributed by atoms with E-state index >= 15 is 0 Å². The summed E-state index contributed by atoms with van der Waals surface area (Å²) in [6.45, 7) is 6.10. The summed E-state index contributed by atoms with van der Waals surface area (Å²) in [4.78, 5) is 4.09. The SMILES string of the molecule is COc1ccnc(C=N[S@+]([O-])CC(C)(C)C)c1. The van der Waals surface area contributed by atoms with Crippen molar-refractivity contribution in [2.75, 3.05) is 12.9 Å². The molecule has 0 radical (unpaired) electrons. The molecule has 4 nitrogen and oxygen atoms in total. The average Bonchev–Trinajstić information content (AvgIpc) is 2.24. The van der Waals surface area contributed by atoms with Crippen molar-refractivity contribution in [1.82, 2.24) is 4.98 Å². The largest absolute Gasteiger partial charge is 0.591 e. The second-order valence-electron chi connectivity index (χ2n) is 4.88. The van der Waals surface area contributed by atoms with Gasteiger partial charge in [0, 0.05) is 17.7 Å². The van der Waals surface area contributed by atoms with Crippen molar-refractivity contribution in [3.63, 3.8) is 0 Å². The number of nitrogens with zero attached hydrogens (tertiary/aromatic N) is 2. The maximum absolute atomic E-state index is 11.6. The van der Waals surface area contributed by atoms with Gasteiger partial charge < -0.3 is 9.29 Å². The Balaban J connectivity index is 2.63. The van der Waals surface area contributed by atoms with Crippen LogP contribution >= 0.6 is 0 Å². The second kappa shape index (κ2) is 6.02. The molecule has 0 N–H and O–H groups in total. The van der Waals surface area contributed by atoms with Crippen LogP contribution in [0, 0.1) is 5.41 Å². The van der Waals surface area contributed by atoms with Crippen molar-refractivity contribution in [3.05, 3.63) is 24.0 Å². The van der Waals surface area contributed by atoms with E-state index < -0.39 is 11.4 Å². The van der Waals surface area contributed by atoms with Gasteiger partial charge in [-0.25, -0.2) is 0 Å². The molecule has 1 heterocycles. The van der Waals surface area contributed by atoms with E-state index in [0.717, 1.165) is 0 Å². The van der Waals surface area contributed by atoms with Crippen LogP contribution in [0.4, 0.5) is 0 Å². The van der Waals surface area contributed by atoms with Crippen molar-refractivity contribution in [1.29, 1.82) is 0 Å². The highest BCUT2D eigenvalue weighted by Gasteiger charge is 2.19. The highest BCUT2D eigenvalue weighted by molar-refractivity contribution is 7.90. The van der Waals surface area contributed by atoms with Gasteiger partial charge in [0.25, 0.3) is 0 Å². The molecule has 0 aliphatic carbocycles. The zero-order valence-electron chi connectivity index (χ0n) is 10.6. The van der Waals surface area contributed by atoms with Crippen molar-refractivity contribution < 1.29 is 9.29 Å². The van der Waals surface area contributed by atoms with Crippen LogP contribution in [0.25, 0.3) is 0 Å². The summed E-state index contributed by atoms with van der Waals surface area (Å²) in [6.07, 6.45) is 3.15. The van der Waals surface area contributed by atoms with Gasteiger partial charge in [-0.15, -0.1) is 0 Å². The molecule has 0 fully saturated rings. The molecule has 0 saturated carbocycles. The van der Waals surface area contributed by atoms with Gasteiger partial charge in [0.2, 0.25) is 0 Å². The van der Waals surface area contributed by atoms with E-state index in [1.54, 1.807) is 25.4 Å². The zero-order chi connectivity index (χ0) is 12.9. The minimum atomic E-state index is -1.21. The van der Waals surface area contributed by atoms with E-state index in [-0.39, 0.29) is 5.41 Å². The standard InChI is InChI=1S/C12H18N2O2S/c1-12(2,3)9-17(15)14-8-10-7-11(16-4)5-6-13-10/h5-8H,9H2,1-4H3/t17-/m1/s1. The molecule has 1 rings (SSSR count). The second-order valence-corrected chi connectivity index (χ2v) is 6.02. The third-order valence-electron chi connectivity index (χ3n) is 1.85. The van der Waals surface area contributed by atoms with E-state index in [1.165, 1.54) is 6.21 Å². The monoisotopic (exact) mass is 254 g/mol. The van der Waals surface area contributed by atoms with E-state index in [4.69, 9.17) is 4.74 Å². The lowest BCUT2D eigenvalue weighted by Crippen LogP contribution is -2.19. The maximum Gasteiger partial charge on any atom is 0.138 e. The van der Waals surface area contributed by atoms with Crippen LogP contribution in [0.5, 0.6) is 5.75 Å². The van der Waals surface area contributed by atoms with E-state index in [2.05, 4.69) is 9.38 Å². The molecule has 1 atom stereocenters. The van der Waals surface area contributed by atoms with Crippen molar-refractivity contribution in [3.8, 4) is 5.75 Å². The van der Waals surface area contributed by atoms with Gasteiger partial charge in [0.05, 0.1) is 24.2 Å². The van der Waals surface area contributed by atoms with Gasteiger partial charge in [-0.2, -0.15) is 0 Å². The Morgan fingerprint density at radius 2 is 2.24 bits per heavy atom. The lowest BCUT2D eigenvalue weighted by molar-refractivity contribution is 0.414. The Kier molecular flexibility index (Phi) is 4.96. The molecule has 0 amide bonds. The third-order valence-corrected chi connectivity index (χ3v) is 3.30. The molecule has 0 aliphatic rings. The number of methoxy groups -OCH3 is 1. The first-order chi connectivity index (χ1) is 7.90. The van der Waals surface area contributed by atoms with Crippen LogP contribution in [0.15, 0.2) is 22.7 Å². The molecule has 0 spiro atoms. The van der Waals surface area contributed by atoms with Gasteiger partial charge in [-0.3, -0.25) is 4.98 Å². The molecule has 0 unspecified atom stereocenters. The van der Waals surface area contributed by atoms with Crippen molar-refractivity contribution in [2.45, 2.75) is 20.8 Å². The summed E-state index contributed by atoms with van der Waals surface area (Å²) in [7, 11) is 1.59. The first-order valence-electron chi connectivity index (χ1n) is 5.33. The first kappa shape index (κ1) is 14.0. The Morgan fingerprint density at radius 1 is 1.53 bits per heavy atom. The molecule has 0 saturated heterocycles. The molecule has 0 bridgehead atoms. The predicted octanol–water partition coefficient (Wildman–Crippen LogP) is 2.22. The molecule has 1 aromatic rings. The van der Waals surface area contributed by atoms with Gasteiger partial charge in [-0.05, 0) is 6.07 Å². The van der Waals surface area contributed by atoms with Crippen LogP contribution in [-0.2, 0) is 11.4 Å². The van der Waals surface area contributed by atoms with Crippen LogP contribution < -0.4 is 4.74 Å². The summed E-state index contributed by atoms with van der Waals surface area (Å²) in [5, 5.41) is 0. The van der Waals surface area contributed by atoms with Gasteiger partial charge >= 0.3 is 0 Å². The maximum atomic E-state index is 11.6. The van der Waals surface area contributed by atoms with E-state index in [0.29, 0.717) is 17.2 Å². The third kappa shape index (κ3) is 5.70. The van der Waals surface area contributed by atoms with Crippen LogP contribution in [0.2, 0.25) is 0 Å². The number of aromatic nitrogens is 1. The van der Waals surface area contributed by atoms with E-state index in [1.807, 2.05) is 20.8 Å². The Labute approximate surface area is 105 Å². The smallest absolute Gasteiger partial charge is 0.138 e. The summed E-state index contributed by atoms with van der Waals surface area (Å²) >= 11 is -1.21. The van der Waals surface area contributed by atoms with E-state index in [9.17, 15) is 4.55 Å². The van der Waals surface area contributed by atoms with Gasteiger partial charge in [0.1, 0.15) is 17.7 Å². The first-order valence-corrected chi connectivity index (χ1v) is 6.61. The highest BCUT2D eigenvalue weighted by Crippen LogP contribution is 2.17. The normalized spacial score (nSPS) is 13.9.